The Hall–Kier alpha value is -1.38. The van der Waals surface area contributed by atoms with Gasteiger partial charge in [-0.25, -0.2) is 8.42 Å². The van der Waals surface area contributed by atoms with E-state index >= 15 is 0 Å². The lowest BCUT2D eigenvalue weighted by Gasteiger charge is -2.20. The van der Waals surface area contributed by atoms with Crippen LogP contribution in [0.5, 0.6) is 5.75 Å². The van der Waals surface area contributed by atoms with Crippen LogP contribution in [0.1, 0.15) is 12.0 Å². The molecule has 2 aliphatic heterocycles. The van der Waals surface area contributed by atoms with E-state index in [2.05, 4.69) is 0 Å². The zero-order valence-corrected chi connectivity index (χ0v) is 14.8. The van der Waals surface area contributed by atoms with Crippen LogP contribution in [0.25, 0.3) is 6.08 Å². The van der Waals surface area contributed by atoms with Crippen LogP contribution in [0.4, 0.5) is 0 Å². The van der Waals surface area contributed by atoms with Crippen molar-refractivity contribution in [2.45, 2.75) is 12.5 Å². The van der Waals surface area contributed by atoms with E-state index in [-0.39, 0.29) is 23.5 Å². The molecule has 0 bridgehead atoms. The first-order valence-corrected chi connectivity index (χ1v) is 10.1. The van der Waals surface area contributed by atoms with Crippen LogP contribution >= 0.6 is 24.0 Å². The number of carbonyl (C=O) groups excluding carboxylic acids is 1. The highest BCUT2D eigenvalue weighted by atomic mass is 32.2. The summed E-state index contributed by atoms with van der Waals surface area (Å²) in [5.74, 6) is 0.594. The molecule has 8 heteroatoms. The Morgan fingerprint density at radius 3 is 2.87 bits per heavy atom. The van der Waals surface area contributed by atoms with E-state index in [1.54, 1.807) is 13.2 Å². The molecule has 23 heavy (non-hydrogen) atoms. The SMILES string of the molecule is COc1cccc(/C=C2\SC(=S)N(C3CCS(=O)(=O)C3)C2=O)c1. The first-order valence-electron chi connectivity index (χ1n) is 7.01. The van der Waals surface area contributed by atoms with Crippen molar-refractivity contribution in [1.82, 2.24) is 4.90 Å². The molecule has 2 saturated heterocycles. The Labute approximate surface area is 144 Å². The standard InChI is InChI=1S/C15H15NO4S3/c1-20-12-4-2-3-10(7-12)8-13-14(17)16(15(21)22-13)11-5-6-23(18,19)9-11/h2-4,7-8,11H,5-6,9H2,1H3/b13-8-. The highest BCUT2D eigenvalue weighted by molar-refractivity contribution is 8.26. The summed E-state index contributed by atoms with van der Waals surface area (Å²) in [7, 11) is -1.48. The molecule has 122 valence electrons. The van der Waals surface area contributed by atoms with Gasteiger partial charge in [0.15, 0.2) is 9.84 Å². The van der Waals surface area contributed by atoms with Crippen LogP contribution in [-0.4, -0.2) is 48.2 Å². The van der Waals surface area contributed by atoms with E-state index in [4.69, 9.17) is 17.0 Å². The molecule has 2 fully saturated rings. The van der Waals surface area contributed by atoms with Gasteiger partial charge in [0.25, 0.3) is 5.91 Å². The molecular weight excluding hydrogens is 354 g/mol. The topological polar surface area (TPSA) is 63.7 Å². The highest BCUT2D eigenvalue weighted by Gasteiger charge is 2.42. The maximum atomic E-state index is 12.6. The lowest BCUT2D eigenvalue weighted by Crippen LogP contribution is -2.39. The van der Waals surface area contributed by atoms with Gasteiger partial charge < -0.3 is 4.74 Å². The van der Waals surface area contributed by atoms with Gasteiger partial charge in [0, 0.05) is 0 Å². The van der Waals surface area contributed by atoms with E-state index < -0.39 is 9.84 Å². The number of methoxy groups -OCH3 is 1. The van der Waals surface area contributed by atoms with Gasteiger partial charge in [0.1, 0.15) is 10.1 Å². The summed E-state index contributed by atoms with van der Waals surface area (Å²) in [6.45, 7) is 0. The molecule has 0 aliphatic carbocycles. The largest absolute Gasteiger partial charge is 0.497 e. The molecule has 0 aromatic heterocycles. The Morgan fingerprint density at radius 1 is 1.43 bits per heavy atom. The number of ether oxygens (including phenoxy) is 1. The van der Waals surface area contributed by atoms with Crippen molar-refractivity contribution >= 4 is 50.1 Å². The third kappa shape index (κ3) is 3.44. The fraction of sp³-hybridized carbons (Fsp3) is 0.333. The molecule has 2 heterocycles. The number of rotatable bonds is 3. The number of carbonyl (C=O) groups is 1. The molecule has 1 aromatic carbocycles. The minimum atomic E-state index is -3.06. The molecule has 1 amide bonds. The average molecular weight is 369 g/mol. The van der Waals surface area contributed by atoms with Crippen LogP contribution in [0.3, 0.4) is 0 Å². The summed E-state index contributed by atoms with van der Waals surface area (Å²) in [6.07, 6.45) is 2.20. The number of nitrogens with zero attached hydrogens (tertiary/aromatic N) is 1. The summed E-state index contributed by atoms with van der Waals surface area (Å²) in [4.78, 5) is 14.6. The molecule has 0 saturated carbocycles. The third-order valence-corrected chi connectivity index (χ3v) is 6.87. The number of thioether (sulfide) groups is 1. The maximum absolute atomic E-state index is 12.6. The van der Waals surface area contributed by atoms with Gasteiger partial charge in [-0.15, -0.1) is 0 Å². The minimum Gasteiger partial charge on any atom is -0.497 e. The van der Waals surface area contributed by atoms with E-state index in [0.717, 1.165) is 5.56 Å². The van der Waals surface area contributed by atoms with Crippen molar-refractivity contribution in [2.24, 2.45) is 0 Å². The highest BCUT2D eigenvalue weighted by Crippen LogP contribution is 2.36. The summed E-state index contributed by atoms with van der Waals surface area (Å²) in [5.41, 5.74) is 0.837. The third-order valence-electron chi connectivity index (χ3n) is 3.79. The Balaban J connectivity index is 1.85. The predicted molar refractivity (Wildman–Crippen MR) is 95.1 cm³/mol. The monoisotopic (exact) mass is 369 g/mol. The van der Waals surface area contributed by atoms with Crippen LogP contribution in [0.2, 0.25) is 0 Å². The van der Waals surface area contributed by atoms with Gasteiger partial charge in [-0.1, -0.05) is 36.1 Å². The number of sulfone groups is 1. The lowest BCUT2D eigenvalue weighted by molar-refractivity contribution is -0.123. The van der Waals surface area contributed by atoms with Gasteiger partial charge in [-0.2, -0.15) is 0 Å². The predicted octanol–water partition coefficient (Wildman–Crippen LogP) is 2.08. The molecule has 1 aromatic rings. The number of hydrogen-bond acceptors (Lipinski definition) is 6. The van der Waals surface area contributed by atoms with Gasteiger partial charge in [0.2, 0.25) is 0 Å². The summed E-state index contributed by atoms with van der Waals surface area (Å²) in [6, 6.07) is 7.02. The fourth-order valence-electron chi connectivity index (χ4n) is 2.66. The first kappa shape index (κ1) is 16.5. The molecule has 3 rings (SSSR count). The second-order valence-corrected chi connectivity index (χ2v) is 9.29. The molecule has 1 unspecified atom stereocenters. The Bertz CT molecular complexity index is 801. The second kappa shape index (κ2) is 6.26. The van der Waals surface area contributed by atoms with Gasteiger partial charge >= 0.3 is 0 Å². The summed E-state index contributed by atoms with van der Waals surface area (Å²) < 4.78 is 28.9. The average Bonchev–Trinajstić information content (AvgIpc) is 2.99. The molecule has 1 atom stereocenters. The molecule has 0 N–H and O–H groups in total. The fourth-order valence-corrected chi connectivity index (χ4v) is 5.76. The van der Waals surface area contributed by atoms with E-state index in [0.29, 0.717) is 21.4 Å². The molecule has 0 radical (unpaired) electrons. The smallest absolute Gasteiger partial charge is 0.266 e. The summed E-state index contributed by atoms with van der Waals surface area (Å²) >= 11 is 6.49. The van der Waals surface area contributed by atoms with Crippen LogP contribution in [-0.2, 0) is 14.6 Å². The van der Waals surface area contributed by atoms with Crippen molar-refractivity contribution in [2.75, 3.05) is 18.6 Å². The van der Waals surface area contributed by atoms with E-state index in [1.807, 2.05) is 24.3 Å². The normalized spacial score (nSPS) is 25.3. The van der Waals surface area contributed by atoms with Crippen molar-refractivity contribution in [1.29, 1.82) is 0 Å². The second-order valence-electron chi connectivity index (χ2n) is 5.39. The van der Waals surface area contributed by atoms with Crippen molar-refractivity contribution in [3.63, 3.8) is 0 Å². The van der Waals surface area contributed by atoms with E-state index in [9.17, 15) is 13.2 Å². The molecule has 5 nitrogen and oxygen atoms in total. The van der Waals surface area contributed by atoms with Crippen molar-refractivity contribution < 1.29 is 17.9 Å². The number of hydrogen-bond donors (Lipinski definition) is 0. The molecule has 0 spiro atoms. The number of amides is 1. The van der Waals surface area contributed by atoms with Gasteiger partial charge in [-0.3, -0.25) is 9.69 Å². The zero-order valence-electron chi connectivity index (χ0n) is 12.4. The number of thiocarbonyl (C=S) groups is 1. The Morgan fingerprint density at radius 2 is 2.22 bits per heavy atom. The minimum absolute atomic E-state index is 0.00806. The quantitative estimate of drug-likeness (QED) is 0.600. The van der Waals surface area contributed by atoms with Crippen LogP contribution in [0.15, 0.2) is 29.2 Å². The summed E-state index contributed by atoms with van der Waals surface area (Å²) in [5, 5.41) is 0. The first-order chi connectivity index (χ1) is 10.9. The molecule has 2 aliphatic rings. The number of benzene rings is 1. The van der Waals surface area contributed by atoms with Crippen LogP contribution < -0.4 is 4.74 Å². The zero-order chi connectivity index (χ0) is 16.6. The lowest BCUT2D eigenvalue weighted by atomic mass is 10.2. The van der Waals surface area contributed by atoms with Crippen LogP contribution in [0, 0.1) is 0 Å². The van der Waals surface area contributed by atoms with E-state index in [1.165, 1.54) is 16.7 Å². The van der Waals surface area contributed by atoms with Gasteiger partial charge in [-0.05, 0) is 30.2 Å². The van der Waals surface area contributed by atoms with Crippen molar-refractivity contribution in [3.05, 3.63) is 34.7 Å². The maximum Gasteiger partial charge on any atom is 0.266 e. The Kier molecular flexibility index (Phi) is 4.48. The van der Waals surface area contributed by atoms with Crippen molar-refractivity contribution in [3.8, 4) is 5.75 Å². The molecular formula is C15H15NO4S3. The van der Waals surface area contributed by atoms with Gasteiger partial charge in [0.05, 0.1) is 29.6 Å².